The van der Waals surface area contributed by atoms with Gasteiger partial charge in [0.2, 0.25) is 0 Å². The van der Waals surface area contributed by atoms with Gasteiger partial charge in [-0.3, -0.25) is 32.5 Å². The Labute approximate surface area is 236 Å². The molecule has 0 amide bonds. The predicted octanol–water partition coefficient (Wildman–Crippen LogP) is 0.164. The van der Waals surface area contributed by atoms with Crippen LogP contribution >= 0.6 is 26.0 Å². The van der Waals surface area contributed by atoms with Crippen LogP contribution in [0.25, 0.3) is 11.2 Å². The number of aromatic amines is 1. The SMILES string of the molecule is Nc1ncnc2c1ncn2[C@@H]1O[C@@H]2CSP(=O)(O)O[C@H]3[C@@H](F)[C@H](n4ccc(=O)[nH]c4=O)O[C@@H]3COP(=O)(O)O[C@H]2[C@H]1F. The van der Waals surface area contributed by atoms with Gasteiger partial charge >= 0.3 is 20.3 Å². The molecule has 5 N–H and O–H groups in total. The number of nitrogens with two attached hydrogens (primary N) is 1. The second-order valence-corrected chi connectivity index (χ2v) is 14.6. The van der Waals surface area contributed by atoms with Crippen LogP contribution in [0, 0.1) is 0 Å². The third-order valence-corrected chi connectivity index (χ3v) is 10.6. The number of ether oxygens (including phenoxy) is 2. The zero-order chi connectivity index (χ0) is 30.0. The fraction of sp³-hybridized carbons (Fsp3) is 0.526. The van der Waals surface area contributed by atoms with Crippen molar-refractivity contribution in [1.82, 2.24) is 29.1 Å². The van der Waals surface area contributed by atoms with Gasteiger partial charge in [0.1, 0.15) is 30.2 Å². The van der Waals surface area contributed by atoms with Crippen molar-refractivity contribution in [2.24, 2.45) is 0 Å². The second kappa shape index (κ2) is 10.8. The second-order valence-electron chi connectivity index (χ2n) is 9.29. The minimum atomic E-state index is -5.12. The van der Waals surface area contributed by atoms with Gasteiger partial charge < -0.3 is 25.0 Å². The Kier molecular flexibility index (Phi) is 7.62. The zero-order valence-corrected chi connectivity index (χ0v) is 23.4. The van der Waals surface area contributed by atoms with Crippen LogP contribution in [0.3, 0.4) is 0 Å². The van der Waals surface area contributed by atoms with Crippen molar-refractivity contribution < 1.29 is 50.7 Å². The smallest absolute Gasteiger partial charge is 0.382 e. The number of rotatable bonds is 2. The van der Waals surface area contributed by atoms with Crippen LogP contribution in [-0.4, -0.2) is 88.0 Å². The average Bonchev–Trinajstić information content (AvgIpc) is 3.57. The lowest BCUT2D eigenvalue weighted by Crippen LogP contribution is -2.37. The Bertz CT molecular complexity index is 1730. The summed E-state index contributed by atoms with van der Waals surface area (Å²) >= 11 is 0.227. The van der Waals surface area contributed by atoms with Crippen molar-refractivity contribution >= 4 is 43.0 Å². The topological polar surface area (TPSA) is 245 Å². The molecule has 3 aromatic rings. The predicted molar refractivity (Wildman–Crippen MR) is 136 cm³/mol. The molecule has 3 aliphatic heterocycles. The minimum Gasteiger partial charge on any atom is -0.382 e. The van der Waals surface area contributed by atoms with E-state index in [1.807, 2.05) is 4.98 Å². The molecular weight excluding hydrogens is 634 g/mol. The monoisotopic (exact) mass is 655 g/mol. The zero-order valence-electron chi connectivity index (χ0n) is 20.8. The van der Waals surface area contributed by atoms with E-state index in [-0.39, 0.29) is 28.4 Å². The first-order valence-electron chi connectivity index (χ1n) is 12.0. The van der Waals surface area contributed by atoms with Gasteiger partial charge in [0.05, 0.1) is 19.0 Å². The summed E-state index contributed by atoms with van der Waals surface area (Å²) in [5, 5.41) is 0. The Hall–Kier alpha value is -2.58. The van der Waals surface area contributed by atoms with Crippen molar-refractivity contribution in [3.63, 3.8) is 0 Å². The number of nitrogens with one attached hydrogen (secondary N) is 1. The molecule has 228 valence electrons. The first-order valence-corrected chi connectivity index (χ1v) is 16.6. The number of fused-ring (bicyclic) bond motifs is 3. The summed E-state index contributed by atoms with van der Waals surface area (Å²) in [5.41, 5.74) is 4.16. The van der Waals surface area contributed by atoms with E-state index in [1.54, 1.807) is 0 Å². The maximum absolute atomic E-state index is 15.8. The third-order valence-electron chi connectivity index (χ3n) is 6.63. The van der Waals surface area contributed by atoms with Crippen molar-refractivity contribution in [2.45, 2.75) is 49.2 Å². The highest BCUT2D eigenvalue weighted by Gasteiger charge is 2.54. The van der Waals surface area contributed by atoms with E-state index in [0.29, 0.717) is 4.57 Å². The van der Waals surface area contributed by atoms with Crippen LogP contribution in [0.15, 0.2) is 34.5 Å². The third kappa shape index (κ3) is 5.45. The number of hydrogen-bond donors (Lipinski definition) is 4. The largest absolute Gasteiger partial charge is 0.472 e. The molecule has 6 heterocycles. The maximum atomic E-state index is 15.8. The van der Waals surface area contributed by atoms with Crippen molar-refractivity contribution in [1.29, 1.82) is 0 Å². The number of phosphoric acid groups is 1. The summed E-state index contributed by atoms with van der Waals surface area (Å²) in [6, 6.07) is 0.913. The molecule has 0 aromatic carbocycles. The quantitative estimate of drug-likeness (QED) is 0.269. The lowest BCUT2D eigenvalue weighted by Gasteiger charge is -2.27. The summed E-state index contributed by atoms with van der Waals surface area (Å²) in [6.07, 6.45) is -11.3. The Morgan fingerprint density at radius 3 is 2.45 bits per heavy atom. The lowest BCUT2D eigenvalue weighted by molar-refractivity contribution is -0.0514. The standard InChI is InChI=1S/C19H21F2N7O11P2S/c20-10-13-7(36-17(10)27-2-1-9(29)26-19(27)30)3-35-40(31,32)38-14-8(4-42-41(33,34)39-13)37-18(11(14)21)28-6-25-12-15(22)23-5-24-16(12)28/h1-2,5-8,10-11,13-14,17-18H,3-4H2,(H,31,32)(H,33,34)(H2,22,23,24)(H,26,29,30)/t7-,8-,10-,11-,13-,14-,17-,18-/m1/s1. The summed E-state index contributed by atoms with van der Waals surface area (Å²) < 4.78 is 85.5. The highest BCUT2D eigenvalue weighted by atomic mass is 32.7. The molecule has 3 aromatic heterocycles. The van der Waals surface area contributed by atoms with E-state index in [2.05, 4.69) is 15.0 Å². The van der Waals surface area contributed by atoms with Crippen LogP contribution in [0.1, 0.15) is 12.5 Å². The maximum Gasteiger partial charge on any atom is 0.472 e. The Balaban J connectivity index is 1.28. The molecule has 10 atom stereocenters. The molecule has 42 heavy (non-hydrogen) atoms. The van der Waals surface area contributed by atoms with E-state index in [1.165, 1.54) is 0 Å². The molecule has 23 heteroatoms. The summed E-state index contributed by atoms with van der Waals surface area (Å²) in [4.78, 5) is 58.3. The molecule has 0 saturated carbocycles. The van der Waals surface area contributed by atoms with Crippen LogP contribution in [-0.2, 0) is 32.2 Å². The number of anilines is 1. The average molecular weight is 655 g/mol. The number of alkyl halides is 2. The number of imidazole rings is 1. The van der Waals surface area contributed by atoms with Crippen LogP contribution < -0.4 is 17.0 Å². The minimum absolute atomic E-state index is 0.00341. The summed E-state index contributed by atoms with van der Waals surface area (Å²) in [7, 11) is -5.12. The van der Waals surface area contributed by atoms with Gasteiger partial charge in [0.15, 0.2) is 36.3 Å². The van der Waals surface area contributed by atoms with Crippen LogP contribution in [0.2, 0.25) is 0 Å². The van der Waals surface area contributed by atoms with E-state index in [4.69, 9.17) is 28.8 Å². The van der Waals surface area contributed by atoms with Crippen molar-refractivity contribution in [3.05, 3.63) is 45.8 Å². The van der Waals surface area contributed by atoms with Gasteiger partial charge in [-0.2, -0.15) is 0 Å². The molecule has 2 unspecified atom stereocenters. The van der Waals surface area contributed by atoms with Crippen LogP contribution in [0.5, 0.6) is 0 Å². The molecule has 0 radical (unpaired) electrons. The fourth-order valence-electron chi connectivity index (χ4n) is 4.74. The van der Waals surface area contributed by atoms with Gasteiger partial charge in [-0.05, 0) is 11.4 Å². The van der Waals surface area contributed by atoms with E-state index in [9.17, 15) is 28.5 Å². The van der Waals surface area contributed by atoms with Gasteiger partial charge in [0.25, 0.3) is 5.56 Å². The van der Waals surface area contributed by atoms with Crippen LogP contribution in [0.4, 0.5) is 14.6 Å². The number of H-pyrrole nitrogens is 1. The molecule has 0 aliphatic carbocycles. The molecule has 0 bridgehead atoms. The summed E-state index contributed by atoms with van der Waals surface area (Å²) in [6.45, 7) is -5.71. The number of nitrogens with zero attached hydrogens (tertiary/aromatic N) is 5. The number of halogens is 2. The number of phosphoric ester groups is 1. The lowest BCUT2D eigenvalue weighted by atomic mass is 10.1. The van der Waals surface area contributed by atoms with Gasteiger partial charge in [-0.15, -0.1) is 0 Å². The molecule has 3 saturated heterocycles. The number of aromatic nitrogens is 6. The van der Waals surface area contributed by atoms with Crippen molar-refractivity contribution in [3.8, 4) is 0 Å². The Morgan fingerprint density at radius 1 is 1.02 bits per heavy atom. The van der Waals surface area contributed by atoms with Gasteiger partial charge in [0, 0.05) is 18.0 Å². The first kappa shape index (κ1) is 29.5. The normalized spacial score (nSPS) is 39.3. The molecule has 3 fully saturated rings. The van der Waals surface area contributed by atoms with E-state index < -0.39 is 87.4 Å². The molecule has 3 aliphatic rings. The van der Waals surface area contributed by atoms with Crippen molar-refractivity contribution in [2.75, 3.05) is 18.1 Å². The number of nitrogen functional groups attached to an aromatic ring is 1. The molecule has 0 spiro atoms. The highest BCUT2D eigenvalue weighted by Crippen LogP contribution is 2.60. The van der Waals surface area contributed by atoms with Gasteiger partial charge in [-0.1, -0.05) is 0 Å². The Morgan fingerprint density at radius 2 is 1.71 bits per heavy atom. The van der Waals surface area contributed by atoms with E-state index >= 15 is 8.78 Å². The van der Waals surface area contributed by atoms with E-state index in [0.717, 1.165) is 29.5 Å². The number of hydrogen-bond acceptors (Lipinski definition) is 14. The molecule has 18 nitrogen and oxygen atoms in total. The van der Waals surface area contributed by atoms with Gasteiger partial charge in [-0.25, -0.2) is 37.7 Å². The highest BCUT2D eigenvalue weighted by molar-refractivity contribution is 8.54. The fourth-order valence-corrected chi connectivity index (χ4v) is 8.41. The molecular formula is C19H21F2N7O11P2S. The summed E-state index contributed by atoms with van der Waals surface area (Å²) in [5.74, 6) is -0.527. The first-order chi connectivity index (χ1) is 19.8. The molecule has 6 rings (SSSR count).